The van der Waals surface area contributed by atoms with Gasteiger partial charge in [0, 0.05) is 6.04 Å². The van der Waals surface area contributed by atoms with E-state index in [0.29, 0.717) is 24.7 Å². The number of rotatable bonds is 7. The molecule has 0 bridgehead atoms. The van der Waals surface area contributed by atoms with Gasteiger partial charge < -0.3 is 14.8 Å². The van der Waals surface area contributed by atoms with Crippen molar-refractivity contribution in [1.29, 1.82) is 5.26 Å². The molecule has 1 aromatic carbocycles. The van der Waals surface area contributed by atoms with Gasteiger partial charge in [0.15, 0.2) is 11.5 Å². The molecule has 24 heavy (non-hydrogen) atoms. The van der Waals surface area contributed by atoms with Crippen LogP contribution in [-0.4, -0.2) is 25.2 Å². The van der Waals surface area contributed by atoms with E-state index < -0.39 is 0 Å². The maximum absolute atomic E-state index is 12.3. The van der Waals surface area contributed by atoms with Crippen molar-refractivity contribution in [1.82, 2.24) is 5.32 Å². The van der Waals surface area contributed by atoms with Crippen LogP contribution in [-0.2, 0) is 4.79 Å². The average molecular weight is 328 g/mol. The van der Waals surface area contributed by atoms with Crippen LogP contribution in [0.3, 0.4) is 0 Å². The van der Waals surface area contributed by atoms with E-state index >= 15 is 0 Å². The molecule has 1 N–H and O–H groups in total. The highest BCUT2D eigenvalue weighted by atomic mass is 16.5. The second-order valence-electron chi connectivity index (χ2n) is 5.70. The third-order valence-electron chi connectivity index (χ3n) is 3.93. The van der Waals surface area contributed by atoms with E-state index in [1.807, 2.05) is 26.0 Å². The molecule has 0 atom stereocenters. The van der Waals surface area contributed by atoms with Gasteiger partial charge in [-0.3, -0.25) is 4.79 Å². The Morgan fingerprint density at radius 1 is 1.25 bits per heavy atom. The number of carbonyl (C=O) groups excluding carboxylic acids is 1. The van der Waals surface area contributed by atoms with Crippen molar-refractivity contribution in [3.05, 3.63) is 29.3 Å². The number of benzene rings is 1. The van der Waals surface area contributed by atoms with Crippen molar-refractivity contribution in [2.75, 3.05) is 13.2 Å². The molecule has 1 aliphatic rings. The van der Waals surface area contributed by atoms with Crippen LogP contribution >= 0.6 is 0 Å². The van der Waals surface area contributed by atoms with Crippen LogP contribution in [0.4, 0.5) is 0 Å². The molecule has 1 aromatic rings. The summed E-state index contributed by atoms with van der Waals surface area (Å²) in [6.45, 7) is 4.86. The van der Waals surface area contributed by atoms with Crippen LogP contribution in [0.2, 0.25) is 0 Å². The summed E-state index contributed by atoms with van der Waals surface area (Å²) in [6, 6.07) is 7.58. The van der Waals surface area contributed by atoms with E-state index in [0.717, 1.165) is 31.2 Å². The van der Waals surface area contributed by atoms with Crippen molar-refractivity contribution in [3.8, 4) is 17.6 Å². The monoisotopic (exact) mass is 328 g/mol. The number of amides is 1. The summed E-state index contributed by atoms with van der Waals surface area (Å²) < 4.78 is 11.1. The number of carbonyl (C=O) groups is 1. The Hall–Kier alpha value is -2.48. The first-order valence-electron chi connectivity index (χ1n) is 8.50. The Balaban J connectivity index is 2.18. The molecule has 1 saturated carbocycles. The van der Waals surface area contributed by atoms with Crippen LogP contribution in [0, 0.1) is 11.3 Å². The zero-order chi connectivity index (χ0) is 17.4. The minimum atomic E-state index is -0.309. The summed E-state index contributed by atoms with van der Waals surface area (Å²) in [5.74, 6) is 0.961. The topological polar surface area (TPSA) is 71.3 Å². The van der Waals surface area contributed by atoms with E-state index in [4.69, 9.17) is 9.47 Å². The van der Waals surface area contributed by atoms with Gasteiger partial charge >= 0.3 is 0 Å². The van der Waals surface area contributed by atoms with Crippen molar-refractivity contribution in [2.24, 2.45) is 0 Å². The van der Waals surface area contributed by atoms with Gasteiger partial charge in [0.25, 0.3) is 5.91 Å². The third-order valence-corrected chi connectivity index (χ3v) is 3.93. The zero-order valence-corrected chi connectivity index (χ0v) is 14.3. The predicted octanol–water partition coefficient (Wildman–Crippen LogP) is 3.45. The summed E-state index contributed by atoms with van der Waals surface area (Å²) in [7, 11) is 0. The molecule has 0 radical (unpaired) electrons. The van der Waals surface area contributed by atoms with Gasteiger partial charge in [-0.1, -0.05) is 18.9 Å². The number of nitrogens with one attached hydrogen (secondary N) is 1. The highest BCUT2D eigenvalue weighted by molar-refractivity contribution is 6.01. The van der Waals surface area contributed by atoms with E-state index in [-0.39, 0.29) is 17.5 Å². The Morgan fingerprint density at radius 3 is 2.54 bits per heavy atom. The largest absolute Gasteiger partial charge is 0.490 e. The van der Waals surface area contributed by atoms with Gasteiger partial charge in [-0.25, -0.2) is 0 Å². The highest BCUT2D eigenvalue weighted by Crippen LogP contribution is 2.29. The van der Waals surface area contributed by atoms with Crippen LogP contribution in [0.1, 0.15) is 45.1 Å². The molecule has 0 aliphatic heterocycles. The highest BCUT2D eigenvalue weighted by Gasteiger charge is 2.19. The van der Waals surface area contributed by atoms with Crippen molar-refractivity contribution < 1.29 is 14.3 Å². The lowest BCUT2D eigenvalue weighted by molar-refractivity contribution is -0.117. The fraction of sp³-hybridized carbons (Fsp3) is 0.474. The van der Waals surface area contributed by atoms with Gasteiger partial charge in [-0.15, -0.1) is 0 Å². The maximum atomic E-state index is 12.3. The Labute approximate surface area is 143 Å². The fourth-order valence-corrected chi connectivity index (χ4v) is 2.81. The van der Waals surface area contributed by atoms with Crippen molar-refractivity contribution in [2.45, 2.75) is 45.6 Å². The van der Waals surface area contributed by atoms with Gasteiger partial charge in [0.2, 0.25) is 0 Å². The fourth-order valence-electron chi connectivity index (χ4n) is 2.81. The lowest BCUT2D eigenvalue weighted by Crippen LogP contribution is -2.33. The summed E-state index contributed by atoms with van der Waals surface area (Å²) in [4.78, 5) is 12.3. The number of nitrogens with zero attached hydrogens (tertiary/aromatic N) is 1. The Bertz CT molecular complexity index is 641. The first-order valence-corrected chi connectivity index (χ1v) is 8.50. The summed E-state index contributed by atoms with van der Waals surface area (Å²) in [6.07, 6.45) is 5.83. The van der Waals surface area contributed by atoms with Gasteiger partial charge in [0.05, 0.1) is 13.2 Å². The molecule has 5 nitrogen and oxygen atoms in total. The van der Waals surface area contributed by atoms with Crippen LogP contribution < -0.4 is 14.8 Å². The maximum Gasteiger partial charge on any atom is 0.262 e. The second-order valence-corrected chi connectivity index (χ2v) is 5.70. The lowest BCUT2D eigenvalue weighted by Gasteiger charge is -2.12. The number of nitriles is 1. The third kappa shape index (κ3) is 4.76. The molecule has 1 amide bonds. The predicted molar refractivity (Wildman–Crippen MR) is 92.8 cm³/mol. The molecule has 2 rings (SSSR count). The second kappa shape index (κ2) is 8.97. The first-order chi connectivity index (χ1) is 11.7. The van der Waals surface area contributed by atoms with Gasteiger partial charge in [0.1, 0.15) is 11.6 Å². The normalized spacial score (nSPS) is 15.0. The zero-order valence-electron chi connectivity index (χ0n) is 14.3. The molecular weight excluding hydrogens is 304 g/mol. The number of hydrogen-bond acceptors (Lipinski definition) is 4. The molecule has 0 aromatic heterocycles. The summed E-state index contributed by atoms with van der Waals surface area (Å²) in [5, 5.41) is 12.2. The van der Waals surface area contributed by atoms with E-state index in [2.05, 4.69) is 5.32 Å². The number of hydrogen-bond donors (Lipinski definition) is 1. The molecular formula is C19H24N2O3. The Kier molecular flexibility index (Phi) is 6.68. The smallest absolute Gasteiger partial charge is 0.262 e. The minimum Gasteiger partial charge on any atom is -0.490 e. The first kappa shape index (κ1) is 17.9. The SMILES string of the molecule is CCOc1ccc(/C=C(/C#N)C(=O)NC2CCCC2)cc1OCC. The summed E-state index contributed by atoms with van der Waals surface area (Å²) >= 11 is 0. The lowest BCUT2D eigenvalue weighted by atomic mass is 10.1. The van der Waals surface area contributed by atoms with Crippen molar-refractivity contribution >= 4 is 12.0 Å². The molecule has 1 fully saturated rings. The van der Waals surface area contributed by atoms with Crippen LogP contribution in [0.15, 0.2) is 23.8 Å². The average Bonchev–Trinajstić information content (AvgIpc) is 3.08. The molecule has 5 heteroatoms. The molecule has 0 unspecified atom stereocenters. The van der Waals surface area contributed by atoms with E-state index in [1.54, 1.807) is 18.2 Å². The van der Waals surface area contributed by atoms with Gasteiger partial charge in [-0.2, -0.15) is 5.26 Å². The number of ether oxygens (including phenoxy) is 2. The quantitative estimate of drug-likeness (QED) is 0.615. The van der Waals surface area contributed by atoms with Crippen molar-refractivity contribution in [3.63, 3.8) is 0 Å². The molecule has 1 aliphatic carbocycles. The van der Waals surface area contributed by atoms with E-state index in [1.165, 1.54) is 0 Å². The van der Waals surface area contributed by atoms with Gasteiger partial charge in [-0.05, 0) is 50.5 Å². The molecule has 0 saturated heterocycles. The van der Waals surface area contributed by atoms with E-state index in [9.17, 15) is 10.1 Å². The minimum absolute atomic E-state index is 0.105. The van der Waals surface area contributed by atoms with Crippen LogP contribution in [0.25, 0.3) is 6.08 Å². The molecule has 128 valence electrons. The molecule has 0 spiro atoms. The standard InChI is InChI=1S/C19H24N2O3/c1-3-23-17-10-9-14(12-18(17)24-4-2)11-15(13-20)19(22)21-16-7-5-6-8-16/h9-12,16H,3-8H2,1-2H3,(H,21,22)/b15-11-. The Morgan fingerprint density at radius 2 is 1.92 bits per heavy atom. The molecule has 0 heterocycles. The van der Waals surface area contributed by atoms with Crippen LogP contribution in [0.5, 0.6) is 11.5 Å². The summed E-state index contributed by atoms with van der Waals surface area (Å²) in [5.41, 5.74) is 0.841.